The summed E-state index contributed by atoms with van der Waals surface area (Å²) in [6.45, 7) is 17.6. The molecule has 0 saturated carbocycles. The Morgan fingerprint density at radius 1 is 1.05 bits per heavy atom. The summed E-state index contributed by atoms with van der Waals surface area (Å²) >= 11 is 0. The van der Waals surface area contributed by atoms with Gasteiger partial charge in [-0.1, -0.05) is 19.4 Å². The minimum Gasteiger partial charge on any atom is -0.478 e. The Morgan fingerprint density at radius 3 is 2.47 bits per heavy atom. The van der Waals surface area contributed by atoms with Gasteiger partial charge in [-0.3, -0.25) is 4.90 Å². The van der Waals surface area contributed by atoms with Crippen LogP contribution in [0.1, 0.15) is 71.2 Å². The van der Waals surface area contributed by atoms with Crippen molar-refractivity contribution in [1.82, 2.24) is 14.9 Å². The maximum atomic E-state index is 12.0. The Kier molecular flexibility index (Phi) is 7.59. The number of aromatic amines is 1. The zero-order valence-corrected chi connectivity index (χ0v) is 26.2. The predicted molar refractivity (Wildman–Crippen MR) is 169 cm³/mol. The molecule has 3 aliphatic rings. The van der Waals surface area contributed by atoms with Crippen molar-refractivity contribution in [2.75, 3.05) is 37.6 Å². The number of fused-ring (bicyclic) bond motifs is 1. The highest BCUT2D eigenvalue weighted by Crippen LogP contribution is 2.45. The Bertz CT molecular complexity index is 1540. The molecule has 2 aromatic heterocycles. The summed E-state index contributed by atoms with van der Waals surface area (Å²) in [5, 5.41) is 10.7. The van der Waals surface area contributed by atoms with E-state index in [4.69, 9.17) is 14.0 Å². The quantitative estimate of drug-likeness (QED) is 0.311. The normalized spacial score (nSPS) is 21.9. The van der Waals surface area contributed by atoms with Gasteiger partial charge in [-0.2, -0.15) is 0 Å². The number of piperazine rings is 1. The number of benzene rings is 1. The summed E-state index contributed by atoms with van der Waals surface area (Å²) in [6, 6.07) is 9.11. The number of pyridine rings is 1. The van der Waals surface area contributed by atoms with Crippen molar-refractivity contribution in [3.05, 3.63) is 59.3 Å². The first kappa shape index (κ1) is 29.7. The fourth-order valence-electron chi connectivity index (χ4n) is 6.30. The molecule has 10 heteroatoms. The molecule has 0 radical (unpaired) electrons. The summed E-state index contributed by atoms with van der Waals surface area (Å²) in [5.74, 6) is -0.215. The van der Waals surface area contributed by atoms with Crippen LogP contribution in [0.25, 0.3) is 11.0 Å². The highest BCUT2D eigenvalue weighted by molar-refractivity contribution is 6.55. The molecule has 1 aliphatic carbocycles. The SMILES string of the molecule is CC1(C)CCC(CN2CCN(c3ccc(C(=O)O)c(Oc4cnc5[nH]ccc5c4)c3)CC2)=C(B2OC(C)(C)C(C)(C)O2)C1. The molecular weight excluding hydrogens is 543 g/mol. The minimum atomic E-state index is -1.02. The van der Waals surface area contributed by atoms with E-state index in [2.05, 4.69) is 61.3 Å². The fourth-order valence-corrected chi connectivity index (χ4v) is 6.30. The molecule has 228 valence electrons. The van der Waals surface area contributed by atoms with Gasteiger partial charge in [0.05, 0.1) is 17.4 Å². The van der Waals surface area contributed by atoms with Crippen LogP contribution in [0.5, 0.6) is 11.5 Å². The number of allylic oxidation sites excluding steroid dienone is 1. The van der Waals surface area contributed by atoms with Gasteiger partial charge in [0.25, 0.3) is 0 Å². The van der Waals surface area contributed by atoms with Gasteiger partial charge in [0.1, 0.15) is 22.7 Å². The lowest BCUT2D eigenvalue weighted by molar-refractivity contribution is 0.00578. The van der Waals surface area contributed by atoms with Crippen molar-refractivity contribution in [3.8, 4) is 11.5 Å². The number of aromatic nitrogens is 2. The average Bonchev–Trinajstić information content (AvgIpc) is 3.50. The van der Waals surface area contributed by atoms with E-state index < -0.39 is 5.97 Å². The highest BCUT2D eigenvalue weighted by Gasteiger charge is 2.53. The average molecular weight is 587 g/mol. The fraction of sp³-hybridized carbons (Fsp3) is 0.515. The lowest BCUT2D eigenvalue weighted by Gasteiger charge is -2.39. The summed E-state index contributed by atoms with van der Waals surface area (Å²) in [6.07, 6.45) is 6.64. The van der Waals surface area contributed by atoms with E-state index in [1.807, 2.05) is 30.5 Å². The number of anilines is 1. The molecule has 3 aromatic rings. The van der Waals surface area contributed by atoms with Gasteiger partial charge < -0.3 is 29.0 Å². The molecule has 1 aromatic carbocycles. The van der Waals surface area contributed by atoms with Gasteiger partial charge >= 0.3 is 13.1 Å². The standard InChI is InChI=1S/C33H43BN4O5/c1-31(2)11-9-23(27(19-31)34-42-32(3,4)33(5,6)43-34)21-37-13-15-38(16-14-37)24-7-8-26(30(39)40)28(18-24)41-25-17-22-10-12-35-29(22)36-20-25/h7-8,10,12,17-18,20H,9,11,13-16,19,21H2,1-6H3,(H,35,36)(H,39,40). The van der Waals surface area contributed by atoms with Gasteiger partial charge in [0.2, 0.25) is 0 Å². The van der Waals surface area contributed by atoms with Gasteiger partial charge in [0, 0.05) is 56.1 Å². The summed E-state index contributed by atoms with van der Waals surface area (Å²) in [7, 11) is -0.291. The van der Waals surface area contributed by atoms with Crippen LogP contribution in [0.15, 0.2) is 53.8 Å². The molecule has 9 nitrogen and oxygen atoms in total. The number of nitrogens with zero attached hydrogens (tertiary/aromatic N) is 3. The monoisotopic (exact) mass is 586 g/mol. The summed E-state index contributed by atoms with van der Waals surface area (Å²) < 4.78 is 19.1. The van der Waals surface area contributed by atoms with Gasteiger partial charge in [0.15, 0.2) is 0 Å². The molecule has 4 heterocycles. The number of hydrogen-bond donors (Lipinski definition) is 2. The Hall–Kier alpha value is -3.34. The van der Waals surface area contributed by atoms with Crippen molar-refractivity contribution >= 4 is 29.8 Å². The third-order valence-electron chi connectivity index (χ3n) is 9.71. The van der Waals surface area contributed by atoms with Crippen LogP contribution in [0, 0.1) is 5.41 Å². The second-order valence-corrected chi connectivity index (χ2v) is 14.0. The number of carboxylic acid groups (broad SMARTS) is 1. The number of nitrogens with one attached hydrogen (secondary N) is 1. The molecule has 2 fully saturated rings. The molecule has 0 amide bonds. The molecule has 6 rings (SSSR count). The number of hydrogen-bond acceptors (Lipinski definition) is 7. The van der Waals surface area contributed by atoms with Crippen LogP contribution >= 0.6 is 0 Å². The van der Waals surface area contributed by atoms with Crippen LogP contribution in [0.4, 0.5) is 5.69 Å². The molecule has 0 spiro atoms. The Balaban J connectivity index is 1.16. The van der Waals surface area contributed by atoms with Gasteiger partial charge in [-0.05, 0) is 82.1 Å². The third kappa shape index (κ3) is 6.05. The first-order valence-corrected chi connectivity index (χ1v) is 15.3. The summed E-state index contributed by atoms with van der Waals surface area (Å²) in [5.41, 5.74) is 4.14. The number of ether oxygens (including phenoxy) is 1. The lowest BCUT2D eigenvalue weighted by Crippen LogP contribution is -2.47. The zero-order valence-electron chi connectivity index (χ0n) is 26.2. The van der Waals surface area contributed by atoms with Gasteiger partial charge in [-0.15, -0.1) is 0 Å². The summed E-state index contributed by atoms with van der Waals surface area (Å²) in [4.78, 5) is 24.2. The Morgan fingerprint density at radius 2 is 1.77 bits per heavy atom. The topological polar surface area (TPSA) is 100 Å². The number of H-pyrrole nitrogens is 1. The molecule has 2 aliphatic heterocycles. The molecular formula is C33H43BN4O5. The second kappa shape index (κ2) is 11.0. The molecule has 0 atom stereocenters. The number of carbonyl (C=O) groups is 1. The smallest absolute Gasteiger partial charge is 0.478 e. The van der Waals surface area contributed by atoms with E-state index in [1.165, 1.54) is 11.0 Å². The minimum absolute atomic E-state index is 0.124. The third-order valence-corrected chi connectivity index (χ3v) is 9.71. The van der Waals surface area contributed by atoms with Crippen molar-refractivity contribution in [2.45, 2.75) is 72.0 Å². The first-order valence-electron chi connectivity index (χ1n) is 15.3. The number of rotatable bonds is 7. The van der Waals surface area contributed by atoms with E-state index in [-0.39, 0.29) is 29.3 Å². The van der Waals surface area contributed by atoms with E-state index in [9.17, 15) is 9.90 Å². The Labute approximate surface area is 254 Å². The van der Waals surface area contributed by atoms with E-state index in [0.29, 0.717) is 11.5 Å². The van der Waals surface area contributed by atoms with Crippen LogP contribution in [-0.4, -0.2) is 77.0 Å². The molecule has 0 unspecified atom stereocenters. The second-order valence-electron chi connectivity index (χ2n) is 14.0. The largest absolute Gasteiger partial charge is 0.490 e. The number of carboxylic acids is 1. The number of aromatic carboxylic acids is 1. The highest BCUT2D eigenvalue weighted by atomic mass is 16.7. The van der Waals surface area contributed by atoms with E-state index in [0.717, 1.165) is 68.7 Å². The van der Waals surface area contributed by atoms with Crippen molar-refractivity contribution in [1.29, 1.82) is 0 Å². The van der Waals surface area contributed by atoms with Gasteiger partial charge in [-0.25, -0.2) is 9.78 Å². The first-order chi connectivity index (χ1) is 20.3. The van der Waals surface area contributed by atoms with Crippen molar-refractivity contribution in [2.24, 2.45) is 5.41 Å². The van der Waals surface area contributed by atoms with Crippen LogP contribution in [0.2, 0.25) is 0 Å². The zero-order chi connectivity index (χ0) is 30.6. The van der Waals surface area contributed by atoms with Crippen molar-refractivity contribution in [3.63, 3.8) is 0 Å². The molecule has 0 bridgehead atoms. The lowest BCUT2D eigenvalue weighted by atomic mass is 9.62. The van der Waals surface area contributed by atoms with Crippen LogP contribution in [0.3, 0.4) is 0 Å². The maximum Gasteiger partial charge on any atom is 0.490 e. The van der Waals surface area contributed by atoms with Crippen LogP contribution in [-0.2, 0) is 9.31 Å². The molecule has 43 heavy (non-hydrogen) atoms. The van der Waals surface area contributed by atoms with E-state index >= 15 is 0 Å². The predicted octanol–water partition coefficient (Wildman–Crippen LogP) is 6.31. The van der Waals surface area contributed by atoms with Crippen molar-refractivity contribution < 1.29 is 23.9 Å². The maximum absolute atomic E-state index is 12.0. The van der Waals surface area contributed by atoms with Crippen LogP contribution < -0.4 is 9.64 Å². The molecule has 2 N–H and O–H groups in total. The molecule has 2 saturated heterocycles. The van der Waals surface area contributed by atoms with E-state index in [1.54, 1.807) is 12.3 Å².